The monoisotopic (exact) mass is 400 g/mol. The maximum Gasteiger partial charge on any atom is 0.0763 e. The molecule has 0 aliphatic carbocycles. The number of halogens is 1. The maximum atomic E-state index is 4.64. The topological polar surface area (TPSA) is 17.3 Å². The van der Waals surface area contributed by atoms with Gasteiger partial charge in [0, 0.05) is 32.4 Å². The van der Waals surface area contributed by atoms with Crippen molar-refractivity contribution in [1.29, 1.82) is 0 Å². The third-order valence-electron chi connectivity index (χ3n) is 3.68. The van der Waals surface area contributed by atoms with Crippen LogP contribution in [-0.4, -0.2) is 10.8 Å². The van der Waals surface area contributed by atoms with Gasteiger partial charge in [0.15, 0.2) is 0 Å². The first kappa shape index (κ1) is 15.0. The highest BCUT2D eigenvalue weighted by atomic mass is 127. The van der Waals surface area contributed by atoms with Gasteiger partial charge in [-0.2, -0.15) is 0 Å². The van der Waals surface area contributed by atoms with Crippen LogP contribution >= 0.6 is 22.6 Å². The lowest BCUT2D eigenvalue weighted by atomic mass is 10.2. The van der Waals surface area contributed by atoms with Crippen LogP contribution in [0.4, 0.5) is 5.69 Å². The number of hydrogen-bond acceptors (Lipinski definition) is 1. The molecule has 110 valence electrons. The van der Waals surface area contributed by atoms with Crippen molar-refractivity contribution >= 4 is 34.5 Å². The molecule has 1 aromatic heterocycles. The van der Waals surface area contributed by atoms with Gasteiger partial charge >= 0.3 is 0 Å². The summed E-state index contributed by atoms with van der Waals surface area (Å²) in [5.74, 6) is 0. The molecular formula is C19H17IN2. The van der Waals surface area contributed by atoms with E-state index in [1.54, 1.807) is 0 Å². The van der Waals surface area contributed by atoms with Crippen molar-refractivity contribution < 1.29 is 0 Å². The molecule has 2 nitrogen and oxygen atoms in total. The van der Waals surface area contributed by atoms with E-state index < -0.39 is 0 Å². The highest BCUT2D eigenvalue weighted by Gasteiger charge is 2.09. The number of nitrogens with zero attached hydrogens (tertiary/aromatic N) is 2. The Labute approximate surface area is 144 Å². The van der Waals surface area contributed by atoms with E-state index in [9.17, 15) is 0 Å². The van der Waals surface area contributed by atoms with Gasteiger partial charge < -0.3 is 4.57 Å². The number of rotatable bonds is 3. The van der Waals surface area contributed by atoms with Crippen LogP contribution in [0.1, 0.15) is 17.0 Å². The number of benzene rings is 2. The van der Waals surface area contributed by atoms with Crippen molar-refractivity contribution in [3.05, 3.63) is 81.2 Å². The zero-order valence-electron chi connectivity index (χ0n) is 12.6. The Hall–Kier alpha value is -1.88. The predicted octanol–water partition coefficient (Wildman–Crippen LogP) is 5.45. The second-order valence-corrected chi connectivity index (χ2v) is 6.37. The highest BCUT2D eigenvalue weighted by molar-refractivity contribution is 14.1. The summed E-state index contributed by atoms with van der Waals surface area (Å²) >= 11 is 2.31. The summed E-state index contributed by atoms with van der Waals surface area (Å²) in [7, 11) is 0. The Morgan fingerprint density at radius 1 is 0.955 bits per heavy atom. The first-order chi connectivity index (χ1) is 10.7. The fourth-order valence-corrected chi connectivity index (χ4v) is 3.11. The average Bonchev–Trinajstić information content (AvgIpc) is 2.81. The number of hydrogen-bond donors (Lipinski definition) is 0. The minimum Gasteiger partial charge on any atom is -0.318 e. The molecule has 3 heteroatoms. The minimum absolute atomic E-state index is 1.01. The molecule has 1 heterocycles. The molecule has 22 heavy (non-hydrogen) atoms. The molecule has 0 N–H and O–H groups in total. The second-order valence-electron chi connectivity index (χ2n) is 5.21. The van der Waals surface area contributed by atoms with E-state index in [0.29, 0.717) is 0 Å². The average molecular weight is 400 g/mol. The van der Waals surface area contributed by atoms with Crippen molar-refractivity contribution in [2.45, 2.75) is 13.8 Å². The van der Waals surface area contributed by atoms with Crippen molar-refractivity contribution in [2.75, 3.05) is 0 Å². The molecule has 0 amide bonds. The fourth-order valence-electron chi connectivity index (χ4n) is 2.59. The van der Waals surface area contributed by atoms with Crippen LogP contribution < -0.4 is 0 Å². The second kappa shape index (κ2) is 6.48. The Kier molecular flexibility index (Phi) is 4.43. The first-order valence-electron chi connectivity index (χ1n) is 7.20. The Bertz CT molecular complexity index is 817. The molecule has 0 radical (unpaired) electrons. The minimum atomic E-state index is 1.01. The summed E-state index contributed by atoms with van der Waals surface area (Å²) in [5, 5.41) is 0. The van der Waals surface area contributed by atoms with Crippen molar-refractivity contribution in [3.8, 4) is 5.69 Å². The molecule has 0 saturated heterocycles. The summed E-state index contributed by atoms with van der Waals surface area (Å²) in [4.78, 5) is 4.64. The number of aromatic nitrogens is 1. The van der Waals surface area contributed by atoms with E-state index in [4.69, 9.17) is 0 Å². The van der Waals surface area contributed by atoms with Gasteiger partial charge in [-0.3, -0.25) is 4.99 Å². The fraction of sp³-hybridized carbons (Fsp3) is 0.105. The first-order valence-corrected chi connectivity index (χ1v) is 8.27. The van der Waals surface area contributed by atoms with E-state index in [1.165, 1.54) is 17.1 Å². The molecule has 0 saturated carbocycles. The number of aryl methyl sites for hydroxylation is 1. The molecule has 3 rings (SSSR count). The van der Waals surface area contributed by atoms with Crippen LogP contribution in [0.2, 0.25) is 0 Å². The van der Waals surface area contributed by atoms with Gasteiger partial charge in [0.05, 0.1) is 5.69 Å². The quantitative estimate of drug-likeness (QED) is 0.411. The number of aliphatic imine (C=N–C) groups is 1. The standard InChI is InChI=1S/C19H17IN2/c1-14-12-16(13-21-19-11-7-6-10-18(19)20)15(2)22(14)17-8-4-3-5-9-17/h3-13H,1-2H3. The largest absolute Gasteiger partial charge is 0.318 e. The smallest absolute Gasteiger partial charge is 0.0763 e. The molecule has 0 atom stereocenters. The van der Waals surface area contributed by atoms with E-state index in [-0.39, 0.29) is 0 Å². The third kappa shape index (κ3) is 2.99. The summed E-state index contributed by atoms with van der Waals surface area (Å²) in [6, 6.07) is 20.8. The van der Waals surface area contributed by atoms with Gasteiger partial charge in [0.2, 0.25) is 0 Å². The van der Waals surface area contributed by atoms with Crippen LogP contribution in [0.25, 0.3) is 5.69 Å². The Morgan fingerprint density at radius 3 is 2.36 bits per heavy atom. The van der Waals surface area contributed by atoms with Crippen LogP contribution in [0, 0.1) is 17.4 Å². The molecule has 3 aromatic rings. The predicted molar refractivity (Wildman–Crippen MR) is 102 cm³/mol. The molecular weight excluding hydrogens is 383 g/mol. The molecule has 0 aliphatic heterocycles. The Balaban J connectivity index is 1.99. The van der Waals surface area contributed by atoms with Crippen LogP contribution in [-0.2, 0) is 0 Å². The lowest BCUT2D eigenvalue weighted by molar-refractivity contribution is 0.965. The van der Waals surface area contributed by atoms with Gasteiger partial charge in [0.1, 0.15) is 0 Å². The zero-order valence-corrected chi connectivity index (χ0v) is 14.8. The van der Waals surface area contributed by atoms with E-state index >= 15 is 0 Å². The van der Waals surface area contributed by atoms with Gasteiger partial charge in [-0.15, -0.1) is 0 Å². The summed E-state index contributed by atoms with van der Waals surface area (Å²) in [5.41, 5.74) is 5.77. The van der Waals surface area contributed by atoms with Crippen molar-refractivity contribution in [2.24, 2.45) is 4.99 Å². The van der Waals surface area contributed by atoms with Crippen LogP contribution in [0.5, 0.6) is 0 Å². The lowest BCUT2D eigenvalue weighted by Crippen LogP contribution is -1.99. The molecule has 2 aromatic carbocycles. The maximum absolute atomic E-state index is 4.64. The third-order valence-corrected chi connectivity index (χ3v) is 4.59. The molecule has 0 unspecified atom stereocenters. The summed E-state index contributed by atoms with van der Waals surface area (Å²) in [6.45, 7) is 4.26. The van der Waals surface area contributed by atoms with Crippen LogP contribution in [0.3, 0.4) is 0 Å². The summed E-state index contributed by atoms with van der Waals surface area (Å²) < 4.78 is 3.42. The zero-order chi connectivity index (χ0) is 15.5. The molecule has 0 bridgehead atoms. The van der Waals surface area contributed by atoms with Gasteiger partial charge in [-0.1, -0.05) is 30.3 Å². The van der Waals surface area contributed by atoms with Gasteiger partial charge in [0.25, 0.3) is 0 Å². The van der Waals surface area contributed by atoms with E-state index in [1.807, 2.05) is 30.5 Å². The lowest BCUT2D eigenvalue weighted by Gasteiger charge is -2.09. The normalized spacial score (nSPS) is 11.2. The van der Waals surface area contributed by atoms with Crippen LogP contribution in [0.15, 0.2) is 65.7 Å². The van der Waals surface area contributed by atoms with Crippen molar-refractivity contribution in [1.82, 2.24) is 4.57 Å². The SMILES string of the molecule is Cc1cc(C=Nc2ccccc2I)c(C)n1-c1ccccc1. The molecule has 0 spiro atoms. The Morgan fingerprint density at radius 2 is 1.64 bits per heavy atom. The van der Waals surface area contributed by atoms with Crippen molar-refractivity contribution in [3.63, 3.8) is 0 Å². The van der Waals surface area contributed by atoms with Gasteiger partial charge in [-0.25, -0.2) is 0 Å². The molecule has 0 fully saturated rings. The number of para-hydroxylation sites is 2. The summed E-state index contributed by atoms with van der Waals surface area (Å²) in [6.07, 6.45) is 1.96. The molecule has 0 aliphatic rings. The van der Waals surface area contributed by atoms with E-state index in [2.05, 4.69) is 82.4 Å². The highest BCUT2D eigenvalue weighted by Crippen LogP contribution is 2.22. The van der Waals surface area contributed by atoms with Gasteiger partial charge in [-0.05, 0) is 66.8 Å². The van der Waals surface area contributed by atoms with E-state index in [0.717, 1.165) is 14.8 Å².